The van der Waals surface area contributed by atoms with Crippen LogP contribution in [0.1, 0.15) is 19.3 Å². The molecule has 1 aromatic carbocycles. The van der Waals surface area contributed by atoms with E-state index in [9.17, 15) is 0 Å². The molecule has 2 rings (SSSR count). The molecule has 1 aliphatic rings. The molecule has 0 heterocycles. The summed E-state index contributed by atoms with van der Waals surface area (Å²) in [6.45, 7) is 1.50. The molecule has 0 bridgehead atoms. The fraction of sp³-hybridized carbons (Fsp3) is 0.538. The van der Waals surface area contributed by atoms with Crippen molar-refractivity contribution >= 4 is 0 Å². The van der Waals surface area contributed by atoms with Gasteiger partial charge in [0.15, 0.2) is 11.5 Å². The first-order valence-electron chi connectivity index (χ1n) is 5.75. The van der Waals surface area contributed by atoms with Crippen molar-refractivity contribution in [3.63, 3.8) is 0 Å². The zero-order chi connectivity index (χ0) is 11.4. The van der Waals surface area contributed by atoms with Gasteiger partial charge in [0.25, 0.3) is 0 Å². The lowest BCUT2D eigenvalue weighted by Gasteiger charge is -2.14. The molecule has 1 fully saturated rings. The van der Waals surface area contributed by atoms with E-state index in [0.29, 0.717) is 5.41 Å². The molecular weight excluding hydrogens is 202 g/mol. The topological polar surface area (TPSA) is 44.5 Å². The SMILES string of the molecule is COc1ccccc1OCCC1(CN)CC1. The van der Waals surface area contributed by atoms with Gasteiger partial charge in [-0.25, -0.2) is 0 Å². The Balaban J connectivity index is 1.85. The Labute approximate surface area is 96.5 Å². The second kappa shape index (κ2) is 4.74. The molecule has 0 aromatic heterocycles. The zero-order valence-corrected chi connectivity index (χ0v) is 9.74. The summed E-state index contributed by atoms with van der Waals surface area (Å²) in [6.07, 6.45) is 3.54. The molecule has 0 unspecified atom stereocenters. The maximum atomic E-state index is 5.73. The van der Waals surface area contributed by atoms with Gasteiger partial charge in [-0.2, -0.15) is 0 Å². The highest BCUT2D eigenvalue weighted by atomic mass is 16.5. The van der Waals surface area contributed by atoms with Crippen molar-refractivity contribution in [1.29, 1.82) is 0 Å². The molecule has 1 aliphatic carbocycles. The molecule has 0 amide bonds. The minimum Gasteiger partial charge on any atom is -0.493 e. The van der Waals surface area contributed by atoms with E-state index in [1.165, 1.54) is 12.8 Å². The number of methoxy groups -OCH3 is 1. The lowest BCUT2D eigenvalue weighted by atomic mass is 10.0. The van der Waals surface area contributed by atoms with Crippen LogP contribution in [0.15, 0.2) is 24.3 Å². The Morgan fingerprint density at radius 1 is 1.25 bits per heavy atom. The summed E-state index contributed by atoms with van der Waals surface area (Å²) in [5.41, 5.74) is 6.10. The molecule has 0 atom stereocenters. The predicted molar refractivity (Wildman–Crippen MR) is 63.8 cm³/mol. The van der Waals surface area contributed by atoms with Gasteiger partial charge in [0, 0.05) is 0 Å². The van der Waals surface area contributed by atoms with Crippen molar-refractivity contribution in [2.24, 2.45) is 11.1 Å². The van der Waals surface area contributed by atoms with E-state index in [2.05, 4.69) is 0 Å². The van der Waals surface area contributed by atoms with Crippen LogP contribution in [0.3, 0.4) is 0 Å². The number of para-hydroxylation sites is 2. The van der Waals surface area contributed by atoms with Gasteiger partial charge in [0.2, 0.25) is 0 Å². The Morgan fingerprint density at radius 2 is 1.94 bits per heavy atom. The fourth-order valence-corrected chi connectivity index (χ4v) is 1.85. The van der Waals surface area contributed by atoms with E-state index >= 15 is 0 Å². The lowest BCUT2D eigenvalue weighted by molar-refractivity contribution is 0.258. The highest BCUT2D eigenvalue weighted by molar-refractivity contribution is 5.39. The monoisotopic (exact) mass is 221 g/mol. The number of nitrogens with two attached hydrogens (primary N) is 1. The minimum atomic E-state index is 0.377. The Hall–Kier alpha value is -1.22. The molecule has 3 nitrogen and oxygen atoms in total. The Bertz CT molecular complexity index is 348. The standard InChI is InChI=1S/C13H19NO2/c1-15-11-4-2-3-5-12(11)16-9-8-13(10-14)6-7-13/h2-5H,6-10,14H2,1H3. The molecule has 0 spiro atoms. The van der Waals surface area contributed by atoms with Gasteiger partial charge >= 0.3 is 0 Å². The summed E-state index contributed by atoms with van der Waals surface area (Å²) in [7, 11) is 1.66. The van der Waals surface area contributed by atoms with E-state index in [4.69, 9.17) is 15.2 Å². The molecule has 0 radical (unpaired) electrons. The van der Waals surface area contributed by atoms with E-state index in [1.807, 2.05) is 24.3 Å². The molecule has 3 heteroatoms. The second-order valence-corrected chi connectivity index (χ2v) is 4.45. The molecule has 16 heavy (non-hydrogen) atoms. The summed E-state index contributed by atoms with van der Waals surface area (Å²) in [4.78, 5) is 0. The third-order valence-corrected chi connectivity index (χ3v) is 3.35. The van der Waals surface area contributed by atoms with Crippen molar-refractivity contribution in [2.75, 3.05) is 20.3 Å². The van der Waals surface area contributed by atoms with Gasteiger partial charge in [-0.15, -0.1) is 0 Å². The molecular formula is C13H19NO2. The Morgan fingerprint density at radius 3 is 2.50 bits per heavy atom. The van der Waals surface area contributed by atoms with Crippen LogP contribution in [0.5, 0.6) is 11.5 Å². The molecule has 2 N–H and O–H groups in total. The fourth-order valence-electron chi connectivity index (χ4n) is 1.85. The van der Waals surface area contributed by atoms with Crippen molar-refractivity contribution < 1.29 is 9.47 Å². The summed E-state index contributed by atoms with van der Waals surface area (Å²) >= 11 is 0. The van der Waals surface area contributed by atoms with Crippen molar-refractivity contribution in [3.05, 3.63) is 24.3 Å². The van der Waals surface area contributed by atoms with Crippen molar-refractivity contribution in [2.45, 2.75) is 19.3 Å². The van der Waals surface area contributed by atoms with Crippen LogP contribution < -0.4 is 15.2 Å². The largest absolute Gasteiger partial charge is 0.493 e. The van der Waals surface area contributed by atoms with Crippen LogP contribution in [0.4, 0.5) is 0 Å². The predicted octanol–water partition coefficient (Wildman–Crippen LogP) is 2.20. The maximum absolute atomic E-state index is 5.73. The number of rotatable bonds is 6. The first kappa shape index (κ1) is 11.3. The molecule has 1 aromatic rings. The second-order valence-electron chi connectivity index (χ2n) is 4.45. The van der Waals surface area contributed by atoms with E-state index < -0.39 is 0 Å². The quantitative estimate of drug-likeness (QED) is 0.801. The van der Waals surface area contributed by atoms with Crippen molar-refractivity contribution in [1.82, 2.24) is 0 Å². The van der Waals surface area contributed by atoms with Gasteiger partial charge in [-0.3, -0.25) is 0 Å². The van der Waals surface area contributed by atoms with Crippen LogP contribution in [0.2, 0.25) is 0 Å². The van der Waals surface area contributed by atoms with E-state index in [-0.39, 0.29) is 0 Å². The van der Waals surface area contributed by atoms with Crippen LogP contribution >= 0.6 is 0 Å². The number of hydrogen-bond acceptors (Lipinski definition) is 3. The van der Waals surface area contributed by atoms with E-state index in [0.717, 1.165) is 31.1 Å². The van der Waals surface area contributed by atoms with Gasteiger partial charge in [0.1, 0.15) is 0 Å². The van der Waals surface area contributed by atoms with Gasteiger partial charge < -0.3 is 15.2 Å². The van der Waals surface area contributed by atoms with E-state index in [1.54, 1.807) is 7.11 Å². The number of benzene rings is 1. The van der Waals surface area contributed by atoms with Gasteiger partial charge in [-0.05, 0) is 43.4 Å². The average Bonchev–Trinajstić information content (AvgIpc) is 3.10. The number of ether oxygens (including phenoxy) is 2. The average molecular weight is 221 g/mol. The minimum absolute atomic E-state index is 0.377. The van der Waals surface area contributed by atoms with Crippen LogP contribution in [0, 0.1) is 5.41 Å². The molecule has 88 valence electrons. The Kier molecular flexibility index (Phi) is 3.34. The summed E-state index contributed by atoms with van der Waals surface area (Å²) < 4.78 is 10.9. The van der Waals surface area contributed by atoms with Crippen LogP contribution in [0.25, 0.3) is 0 Å². The highest BCUT2D eigenvalue weighted by Gasteiger charge is 2.40. The van der Waals surface area contributed by atoms with Crippen LogP contribution in [-0.2, 0) is 0 Å². The van der Waals surface area contributed by atoms with Gasteiger partial charge in [-0.1, -0.05) is 12.1 Å². The lowest BCUT2D eigenvalue weighted by Crippen LogP contribution is -2.18. The summed E-state index contributed by atoms with van der Waals surface area (Å²) in [6, 6.07) is 7.73. The van der Waals surface area contributed by atoms with Crippen molar-refractivity contribution in [3.8, 4) is 11.5 Å². The third kappa shape index (κ3) is 2.47. The molecule has 1 saturated carbocycles. The first-order valence-corrected chi connectivity index (χ1v) is 5.75. The zero-order valence-electron chi connectivity index (χ0n) is 9.74. The molecule has 0 aliphatic heterocycles. The number of hydrogen-bond donors (Lipinski definition) is 1. The molecule has 0 saturated heterocycles. The summed E-state index contributed by atoms with van der Waals surface area (Å²) in [5, 5.41) is 0. The summed E-state index contributed by atoms with van der Waals surface area (Å²) in [5.74, 6) is 1.61. The highest BCUT2D eigenvalue weighted by Crippen LogP contribution is 2.47. The smallest absolute Gasteiger partial charge is 0.161 e. The normalized spacial score (nSPS) is 16.9. The maximum Gasteiger partial charge on any atom is 0.161 e. The van der Waals surface area contributed by atoms with Gasteiger partial charge in [0.05, 0.1) is 13.7 Å². The van der Waals surface area contributed by atoms with Crippen LogP contribution in [-0.4, -0.2) is 20.3 Å². The third-order valence-electron chi connectivity index (χ3n) is 3.35. The first-order chi connectivity index (χ1) is 7.79.